The number of aliphatic hydroxyl groups excluding tert-OH is 1. The second-order valence-corrected chi connectivity index (χ2v) is 2.89. The Labute approximate surface area is 84.8 Å². The Balaban J connectivity index is 3.10. The Morgan fingerprint density at radius 1 is 1.36 bits per heavy atom. The van der Waals surface area contributed by atoms with Crippen LogP contribution in [0.15, 0.2) is 0 Å². The van der Waals surface area contributed by atoms with Crippen molar-refractivity contribution in [3.05, 3.63) is 0 Å². The number of carbonyl (C=O) groups excluding carboxylic acids is 1. The van der Waals surface area contributed by atoms with Crippen LogP contribution in [0.1, 0.15) is 12.8 Å². The van der Waals surface area contributed by atoms with Crippen molar-refractivity contribution in [3.63, 3.8) is 0 Å². The molecule has 0 atom stereocenters. The highest BCUT2D eigenvalue weighted by Crippen LogP contribution is 1.85. The first-order valence-electron chi connectivity index (χ1n) is 4.91. The van der Waals surface area contributed by atoms with Crippen LogP contribution in [0.5, 0.6) is 0 Å². The van der Waals surface area contributed by atoms with Crippen LogP contribution in [0, 0.1) is 0 Å². The quantitative estimate of drug-likeness (QED) is 0.426. The van der Waals surface area contributed by atoms with E-state index >= 15 is 0 Å². The first-order chi connectivity index (χ1) is 6.81. The fourth-order valence-electron chi connectivity index (χ4n) is 0.943. The Morgan fingerprint density at radius 2 is 2.14 bits per heavy atom. The minimum absolute atomic E-state index is 0.0239. The van der Waals surface area contributed by atoms with Crippen LogP contribution in [-0.2, 0) is 9.53 Å². The summed E-state index contributed by atoms with van der Waals surface area (Å²) in [6.07, 6.45) is 1.39. The van der Waals surface area contributed by atoms with Crippen molar-refractivity contribution < 1.29 is 14.6 Å². The molecule has 0 saturated carbocycles. The minimum Gasteiger partial charge on any atom is -0.394 e. The van der Waals surface area contributed by atoms with E-state index in [2.05, 4.69) is 10.6 Å². The van der Waals surface area contributed by atoms with Gasteiger partial charge in [0.25, 0.3) is 0 Å². The van der Waals surface area contributed by atoms with E-state index in [0.717, 1.165) is 13.0 Å². The molecule has 5 nitrogen and oxygen atoms in total. The van der Waals surface area contributed by atoms with Crippen molar-refractivity contribution in [1.29, 1.82) is 0 Å². The molecular weight excluding hydrogens is 184 g/mol. The van der Waals surface area contributed by atoms with Gasteiger partial charge >= 0.3 is 0 Å². The Bertz CT molecular complexity index is 142. The number of carbonyl (C=O) groups is 1. The zero-order valence-electron chi connectivity index (χ0n) is 8.71. The van der Waals surface area contributed by atoms with E-state index in [1.54, 1.807) is 0 Å². The third-order valence-electron chi connectivity index (χ3n) is 1.63. The molecule has 0 unspecified atom stereocenters. The molecule has 0 radical (unpaired) electrons. The number of nitrogens with one attached hydrogen (secondary N) is 2. The van der Waals surface area contributed by atoms with Gasteiger partial charge in [-0.3, -0.25) is 4.79 Å². The van der Waals surface area contributed by atoms with Crippen LogP contribution in [0.25, 0.3) is 0 Å². The zero-order chi connectivity index (χ0) is 10.6. The average Bonchev–Trinajstić information content (AvgIpc) is 2.18. The molecule has 0 aromatic heterocycles. The van der Waals surface area contributed by atoms with Crippen LogP contribution in [0.2, 0.25) is 0 Å². The van der Waals surface area contributed by atoms with E-state index < -0.39 is 0 Å². The van der Waals surface area contributed by atoms with Gasteiger partial charge in [-0.15, -0.1) is 0 Å². The predicted molar refractivity (Wildman–Crippen MR) is 54.1 cm³/mol. The molecule has 0 aromatic carbocycles. The summed E-state index contributed by atoms with van der Waals surface area (Å²) in [6, 6.07) is 0. The SMILES string of the molecule is CNCCCC(=O)NCCOCCO. The highest BCUT2D eigenvalue weighted by Gasteiger charge is 1.98. The molecule has 84 valence electrons. The van der Waals surface area contributed by atoms with Gasteiger partial charge in [-0.25, -0.2) is 0 Å². The minimum atomic E-state index is 0.0239. The summed E-state index contributed by atoms with van der Waals surface area (Å²) in [5, 5.41) is 14.1. The molecule has 0 fully saturated rings. The Kier molecular flexibility index (Phi) is 9.95. The zero-order valence-corrected chi connectivity index (χ0v) is 8.71. The summed E-state index contributed by atoms with van der Waals surface area (Å²) in [5.41, 5.74) is 0. The molecule has 0 aliphatic heterocycles. The van der Waals surface area contributed by atoms with Crippen molar-refractivity contribution in [2.45, 2.75) is 12.8 Å². The standard InChI is InChI=1S/C9H20N2O3/c1-10-4-2-3-9(13)11-5-7-14-8-6-12/h10,12H,2-8H2,1H3,(H,11,13). The van der Waals surface area contributed by atoms with Gasteiger partial charge in [0.2, 0.25) is 5.91 Å². The second-order valence-electron chi connectivity index (χ2n) is 2.89. The third-order valence-corrected chi connectivity index (χ3v) is 1.63. The van der Waals surface area contributed by atoms with E-state index in [9.17, 15) is 4.79 Å². The van der Waals surface area contributed by atoms with E-state index in [-0.39, 0.29) is 12.5 Å². The summed E-state index contributed by atoms with van der Waals surface area (Å²) >= 11 is 0. The topological polar surface area (TPSA) is 70.6 Å². The molecule has 0 rings (SSSR count). The van der Waals surface area contributed by atoms with Crippen molar-refractivity contribution in [3.8, 4) is 0 Å². The number of aliphatic hydroxyl groups is 1. The Hall–Kier alpha value is -0.650. The molecule has 0 heterocycles. The van der Waals surface area contributed by atoms with Gasteiger partial charge in [0.05, 0.1) is 19.8 Å². The smallest absolute Gasteiger partial charge is 0.220 e. The average molecular weight is 204 g/mol. The van der Waals surface area contributed by atoms with Crippen LogP contribution in [0.4, 0.5) is 0 Å². The lowest BCUT2D eigenvalue weighted by atomic mass is 10.3. The van der Waals surface area contributed by atoms with Gasteiger partial charge in [-0.2, -0.15) is 0 Å². The van der Waals surface area contributed by atoms with E-state index in [1.807, 2.05) is 7.05 Å². The number of amides is 1. The van der Waals surface area contributed by atoms with Crippen LogP contribution >= 0.6 is 0 Å². The van der Waals surface area contributed by atoms with E-state index in [1.165, 1.54) is 0 Å². The molecule has 0 aliphatic rings. The normalized spacial score (nSPS) is 10.1. The van der Waals surface area contributed by atoms with Crippen molar-refractivity contribution in [2.24, 2.45) is 0 Å². The first-order valence-corrected chi connectivity index (χ1v) is 4.91. The van der Waals surface area contributed by atoms with Crippen molar-refractivity contribution in [2.75, 3.05) is 40.0 Å². The van der Waals surface area contributed by atoms with Crippen LogP contribution in [0.3, 0.4) is 0 Å². The first kappa shape index (κ1) is 13.4. The summed E-state index contributed by atoms with van der Waals surface area (Å²) < 4.78 is 4.98. The lowest BCUT2D eigenvalue weighted by molar-refractivity contribution is -0.121. The Morgan fingerprint density at radius 3 is 2.79 bits per heavy atom. The maximum Gasteiger partial charge on any atom is 0.220 e. The fourth-order valence-corrected chi connectivity index (χ4v) is 0.943. The fraction of sp³-hybridized carbons (Fsp3) is 0.889. The number of hydrogen-bond acceptors (Lipinski definition) is 4. The third kappa shape index (κ3) is 9.44. The number of hydrogen-bond donors (Lipinski definition) is 3. The molecule has 5 heteroatoms. The molecule has 1 amide bonds. The van der Waals surface area contributed by atoms with Gasteiger partial charge in [0, 0.05) is 13.0 Å². The molecular formula is C9H20N2O3. The molecule has 0 aromatic rings. The predicted octanol–water partition coefficient (Wildman–Crippen LogP) is -0.889. The van der Waals surface area contributed by atoms with Crippen LogP contribution < -0.4 is 10.6 Å². The largest absolute Gasteiger partial charge is 0.394 e. The van der Waals surface area contributed by atoms with Crippen molar-refractivity contribution in [1.82, 2.24) is 10.6 Å². The van der Waals surface area contributed by atoms with E-state index in [0.29, 0.717) is 26.2 Å². The maximum absolute atomic E-state index is 11.1. The lowest BCUT2D eigenvalue weighted by Crippen LogP contribution is -2.28. The maximum atomic E-state index is 11.1. The summed E-state index contributed by atoms with van der Waals surface area (Å²) in [4.78, 5) is 11.1. The molecule has 0 bridgehead atoms. The van der Waals surface area contributed by atoms with Gasteiger partial charge in [0.15, 0.2) is 0 Å². The highest BCUT2D eigenvalue weighted by molar-refractivity contribution is 5.75. The second kappa shape index (κ2) is 10.4. The number of rotatable bonds is 9. The molecule has 14 heavy (non-hydrogen) atoms. The van der Waals surface area contributed by atoms with Gasteiger partial charge in [-0.05, 0) is 20.0 Å². The van der Waals surface area contributed by atoms with Gasteiger partial charge < -0.3 is 20.5 Å². The summed E-state index contributed by atoms with van der Waals surface area (Å²) in [5.74, 6) is 0.0489. The highest BCUT2D eigenvalue weighted by atomic mass is 16.5. The summed E-state index contributed by atoms with van der Waals surface area (Å²) in [7, 11) is 1.86. The van der Waals surface area contributed by atoms with Gasteiger partial charge in [0.1, 0.15) is 0 Å². The lowest BCUT2D eigenvalue weighted by Gasteiger charge is -2.05. The van der Waals surface area contributed by atoms with E-state index in [4.69, 9.17) is 9.84 Å². The van der Waals surface area contributed by atoms with Crippen LogP contribution in [-0.4, -0.2) is 51.0 Å². The van der Waals surface area contributed by atoms with Crippen molar-refractivity contribution >= 4 is 5.91 Å². The monoisotopic (exact) mass is 204 g/mol. The summed E-state index contributed by atoms with van der Waals surface area (Å²) in [6.45, 7) is 2.18. The van der Waals surface area contributed by atoms with Gasteiger partial charge in [-0.1, -0.05) is 0 Å². The number of ether oxygens (including phenoxy) is 1. The molecule has 0 aliphatic carbocycles. The molecule has 3 N–H and O–H groups in total. The molecule has 0 saturated heterocycles. The molecule has 0 spiro atoms.